The van der Waals surface area contributed by atoms with Gasteiger partial charge in [-0.15, -0.1) is 0 Å². The number of rotatable bonds is 10. The predicted octanol–water partition coefficient (Wildman–Crippen LogP) is 3.09. The molecule has 3 nitrogen and oxygen atoms in total. The van der Waals surface area contributed by atoms with Crippen LogP contribution in [0.3, 0.4) is 0 Å². The van der Waals surface area contributed by atoms with Crippen molar-refractivity contribution in [2.75, 3.05) is 24.7 Å². The van der Waals surface area contributed by atoms with Gasteiger partial charge in [-0.2, -0.15) is 11.8 Å². The zero-order valence-electron chi connectivity index (χ0n) is 12.5. The molecule has 0 aliphatic heterocycles. The van der Waals surface area contributed by atoms with Crippen molar-refractivity contribution in [2.45, 2.75) is 53.0 Å². The average molecular weight is 275 g/mol. The Kier molecular flexibility index (Phi) is 9.56. The molecule has 0 aromatic heterocycles. The number of hydrogen-bond donors (Lipinski definition) is 1. The molecule has 0 saturated heterocycles. The predicted molar refractivity (Wildman–Crippen MR) is 80.1 cm³/mol. The fourth-order valence-electron chi connectivity index (χ4n) is 1.47. The van der Waals surface area contributed by atoms with Crippen molar-refractivity contribution in [1.29, 1.82) is 0 Å². The maximum Gasteiger partial charge on any atom is 0.326 e. The second kappa shape index (κ2) is 9.68. The number of ether oxygens (including phenoxy) is 1. The monoisotopic (exact) mass is 275 g/mol. The van der Waals surface area contributed by atoms with Crippen molar-refractivity contribution in [1.82, 2.24) is 5.32 Å². The summed E-state index contributed by atoms with van der Waals surface area (Å²) in [6.45, 7) is 11.6. The van der Waals surface area contributed by atoms with Crippen LogP contribution in [0, 0.1) is 5.92 Å². The van der Waals surface area contributed by atoms with Crippen LogP contribution < -0.4 is 5.32 Å². The third kappa shape index (κ3) is 7.27. The largest absolute Gasteiger partial charge is 0.465 e. The highest BCUT2D eigenvalue weighted by atomic mass is 32.2. The lowest BCUT2D eigenvalue weighted by atomic mass is 10.1. The SMILES string of the molecule is CCCNC(C)(CSCCC(C)C)C(=O)OCC. The molecule has 4 heteroatoms. The van der Waals surface area contributed by atoms with Gasteiger partial charge in [0.25, 0.3) is 0 Å². The van der Waals surface area contributed by atoms with Gasteiger partial charge >= 0.3 is 5.97 Å². The fraction of sp³-hybridized carbons (Fsp3) is 0.929. The summed E-state index contributed by atoms with van der Waals surface area (Å²) in [5.74, 6) is 2.46. The van der Waals surface area contributed by atoms with Crippen molar-refractivity contribution in [3.05, 3.63) is 0 Å². The van der Waals surface area contributed by atoms with E-state index in [1.807, 2.05) is 25.6 Å². The minimum Gasteiger partial charge on any atom is -0.465 e. The molecular formula is C14H29NO2S. The lowest BCUT2D eigenvalue weighted by Crippen LogP contribution is -2.53. The Hall–Kier alpha value is -0.220. The van der Waals surface area contributed by atoms with Crippen LogP contribution in [-0.2, 0) is 9.53 Å². The Morgan fingerprint density at radius 3 is 2.56 bits per heavy atom. The molecule has 1 unspecified atom stereocenters. The molecule has 108 valence electrons. The average Bonchev–Trinajstić information content (AvgIpc) is 2.32. The van der Waals surface area contributed by atoms with Crippen molar-refractivity contribution >= 4 is 17.7 Å². The van der Waals surface area contributed by atoms with E-state index in [4.69, 9.17) is 4.74 Å². The maximum absolute atomic E-state index is 12.0. The van der Waals surface area contributed by atoms with Gasteiger partial charge in [-0.05, 0) is 44.9 Å². The summed E-state index contributed by atoms with van der Waals surface area (Å²) in [4.78, 5) is 12.0. The molecule has 0 heterocycles. The number of hydrogen-bond acceptors (Lipinski definition) is 4. The summed E-state index contributed by atoms with van der Waals surface area (Å²) in [5, 5.41) is 3.32. The Balaban J connectivity index is 4.24. The molecule has 0 bridgehead atoms. The second-order valence-electron chi connectivity index (χ2n) is 5.21. The molecule has 1 N–H and O–H groups in total. The minimum absolute atomic E-state index is 0.129. The Bertz CT molecular complexity index is 234. The van der Waals surface area contributed by atoms with Crippen molar-refractivity contribution in [2.24, 2.45) is 5.92 Å². The summed E-state index contributed by atoms with van der Waals surface area (Å²) < 4.78 is 5.17. The van der Waals surface area contributed by atoms with E-state index in [1.54, 1.807) is 0 Å². The standard InChI is InChI=1S/C14H29NO2S/c1-6-9-15-14(5,13(16)17-7-2)11-18-10-8-12(3)4/h12,15H,6-11H2,1-5H3. The lowest BCUT2D eigenvalue weighted by Gasteiger charge is -2.28. The van der Waals surface area contributed by atoms with Gasteiger partial charge in [0.05, 0.1) is 6.61 Å². The van der Waals surface area contributed by atoms with Gasteiger partial charge in [0.2, 0.25) is 0 Å². The fourth-order valence-corrected chi connectivity index (χ4v) is 2.88. The van der Waals surface area contributed by atoms with Crippen molar-refractivity contribution in [3.8, 4) is 0 Å². The quantitative estimate of drug-likeness (QED) is 0.491. The first-order chi connectivity index (χ1) is 8.46. The van der Waals surface area contributed by atoms with Gasteiger partial charge in [-0.1, -0.05) is 20.8 Å². The smallest absolute Gasteiger partial charge is 0.326 e. The van der Waals surface area contributed by atoms with Gasteiger partial charge in [-0.25, -0.2) is 0 Å². The summed E-state index contributed by atoms with van der Waals surface area (Å²) in [7, 11) is 0. The Morgan fingerprint density at radius 1 is 1.39 bits per heavy atom. The molecule has 0 aromatic rings. The molecule has 0 aromatic carbocycles. The summed E-state index contributed by atoms with van der Waals surface area (Å²) in [6.07, 6.45) is 2.21. The van der Waals surface area contributed by atoms with E-state index in [1.165, 1.54) is 6.42 Å². The van der Waals surface area contributed by atoms with E-state index >= 15 is 0 Å². The zero-order chi connectivity index (χ0) is 14.0. The lowest BCUT2D eigenvalue weighted by molar-refractivity contribution is -0.149. The minimum atomic E-state index is -0.548. The van der Waals surface area contributed by atoms with Crippen LogP contribution in [0.15, 0.2) is 0 Å². The van der Waals surface area contributed by atoms with E-state index < -0.39 is 5.54 Å². The van der Waals surface area contributed by atoms with Crippen LogP contribution >= 0.6 is 11.8 Å². The molecule has 0 fully saturated rings. The van der Waals surface area contributed by atoms with Gasteiger partial charge in [-0.3, -0.25) is 4.79 Å². The van der Waals surface area contributed by atoms with Crippen LogP contribution in [0.1, 0.15) is 47.5 Å². The maximum atomic E-state index is 12.0. The second-order valence-corrected chi connectivity index (χ2v) is 6.32. The molecule has 0 radical (unpaired) electrons. The highest BCUT2D eigenvalue weighted by Gasteiger charge is 2.33. The van der Waals surface area contributed by atoms with Crippen LogP contribution in [-0.4, -0.2) is 36.2 Å². The first kappa shape index (κ1) is 17.8. The normalized spacial score (nSPS) is 14.6. The van der Waals surface area contributed by atoms with E-state index in [0.29, 0.717) is 6.61 Å². The van der Waals surface area contributed by atoms with Crippen molar-refractivity contribution < 1.29 is 9.53 Å². The first-order valence-electron chi connectivity index (χ1n) is 6.96. The van der Waals surface area contributed by atoms with E-state index in [2.05, 4.69) is 26.1 Å². The van der Waals surface area contributed by atoms with Crippen molar-refractivity contribution in [3.63, 3.8) is 0 Å². The highest BCUT2D eigenvalue weighted by molar-refractivity contribution is 7.99. The van der Waals surface area contributed by atoms with Gasteiger partial charge in [0.1, 0.15) is 5.54 Å². The van der Waals surface area contributed by atoms with E-state index in [9.17, 15) is 4.79 Å². The topological polar surface area (TPSA) is 38.3 Å². The summed E-state index contributed by atoms with van der Waals surface area (Å²) >= 11 is 1.83. The summed E-state index contributed by atoms with van der Waals surface area (Å²) in [5.41, 5.74) is -0.548. The molecule has 1 atom stereocenters. The molecule has 0 amide bonds. The first-order valence-corrected chi connectivity index (χ1v) is 8.11. The number of thioether (sulfide) groups is 1. The van der Waals surface area contributed by atoms with Crippen LogP contribution in [0.2, 0.25) is 0 Å². The Morgan fingerprint density at radius 2 is 2.06 bits per heavy atom. The number of carbonyl (C=O) groups excluding carboxylic acids is 1. The molecule has 18 heavy (non-hydrogen) atoms. The summed E-state index contributed by atoms with van der Waals surface area (Å²) in [6, 6.07) is 0. The van der Waals surface area contributed by atoms with Crippen LogP contribution in [0.4, 0.5) is 0 Å². The molecule has 0 spiro atoms. The molecule has 0 saturated carbocycles. The van der Waals surface area contributed by atoms with Gasteiger partial charge in [0, 0.05) is 5.75 Å². The molecule has 0 rings (SSSR count). The molecular weight excluding hydrogens is 246 g/mol. The van der Waals surface area contributed by atoms with Gasteiger partial charge < -0.3 is 10.1 Å². The third-order valence-electron chi connectivity index (χ3n) is 2.72. The third-order valence-corrected chi connectivity index (χ3v) is 4.03. The van der Waals surface area contributed by atoms with Crippen LogP contribution in [0.5, 0.6) is 0 Å². The van der Waals surface area contributed by atoms with Crippen LogP contribution in [0.25, 0.3) is 0 Å². The zero-order valence-corrected chi connectivity index (χ0v) is 13.4. The number of nitrogens with one attached hydrogen (secondary N) is 1. The number of carbonyl (C=O) groups is 1. The van der Waals surface area contributed by atoms with E-state index in [0.717, 1.165) is 30.4 Å². The Labute approximate surface area is 116 Å². The van der Waals surface area contributed by atoms with Gasteiger partial charge in [0.15, 0.2) is 0 Å². The van der Waals surface area contributed by atoms with E-state index in [-0.39, 0.29) is 5.97 Å². The molecule has 0 aliphatic carbocycles. The number of esters is 1. The highest BCUT2D eigenvalue weighted by Crippen LogP contribution is 2.18. The molecule has 0 aliphatic rings.